The Kier molecular flexibility index (Phi) is 7.34. The molecule has 29 heavy (non-hydrogen) atoms. The van der Waals surface area contributed by atoms with Crippen molar-refractivity contribution < 1.29 is 32.2 Å². The van der Waals surface area contributed by atoms with Crippen molar-refractivity contribution in [1.82, 2.24) is 20.2 Å². The molecule has 2 amide bonds. The summed E-state index contributed by atoms with van der Waals surface area (Å²) < 4.78 is 48.2. The maximum atomic E-state index is 12.7. The largest absolute Gasteiger partial charge is 0.573 e. The number of nitrogens with one attached hydrogen (secondary N) is 2. The Morgan fingerprint density at radius 3 is 2.59 bits per heavy atom. The number of carbonyl (C=O) groups excluding carboxylic acids is 2. The Labute approximate surface area is 167 Å². The van der Waals surface area contributed by atoms with Crippen LogP contribution in [0.15, 0.2) is 12.1 Å². The molecular formula is C15H16ClF3N6O4. The topological polar surface area (TPSA) is 120 Å². The average Bonchev–Trinajstić information content (AvgIpc) is 3.02. The fourth-order valence-corrected chi connectivity index (χ4v) is 2.36. The van der Waals surface area contributed by atoms with Crippen LogP contribution in [0, 0.1) is 0 Å². The van der Waals surface area contributed by atoms with E-state index in [2.05, 4.69) is 30.9 Å². The molecule has 0 aliphatic carbocycles. The lowest BCUT2D eigenvalue weighted by Crippen LogP contribution is -2.22. The van der Waals surface area contributed by atoms with Gasteiger partial charge in [-0.2, -0.15) is 0 Å². The zero-order valence-electron chi connectivity index (χ0n) is 15.2. The number of aryl methyl sites for hydroxylation is 1. The third-order valence-electron chi connectivity index (χ3n) is 3.36. The predicted octanol–water partition coefficient (Wildman–Crippen LogP) is 2.38. The van der Waals surface area contributed by atoms with Crippen molar-refractivity contribution in [3.8, 4) is 5.75 Å². The summed E-state index contributed by atoms with van der Waals surface area (Å²) in [5.41, 5.74) is -0.737. The van der Waals surface area contributed by atoms with Crippen molar-refractivity contribution in [3.63, 3.8) is 0 Å². The molecular weight excluding hydrogens is 421 g/mol. The number of amides is 2. The van der Waals surface area contributed by atoms with Crippen LogP contribution in [0.25, 0.3) is 0 Å². The van der Waals surface area contributed by atoms with Gasteiger partial charge in [0.05, 0.1) is 23.6 Å². The number of aromatic nitrogens is 4. The van der Waals surface area contributed by atoms with Crippen LogP contribution in [-0.4, -0.2) is 51.6 Å². The number of carbonyl (C=O) groups is 2. The zero-order chi connectivity index (χ0) is 21.6. The lowest BCUT2D eigenvalue weighted by molar-refractivity contribution is -0.274. The number of nitrogens with zero attached hydrogens (tertiary/aromatic N) is 4. The molecule has 0 saturated carbocycles. The van der Waals surface area contributed by atoms with Gasteiger partial charge in [0.15, 0.2) is 5.75 Å². The summed E-state index contributed by atoms with van der Waals surface area (Å²) in [6, 6.07) is 1.87. The second-order valence-electron chi connectivity index (χ2n) is 5.42. The van der Waals surface area contributed by atoms with Gasteiger partial charge in [-0.05, 0) is 29.5 Å². The Bertz CT molecular complexity index is 889. The van der Waals surface area contributed by atoms with E-state index in [4.69, 9.17) is 16.3 Å². The Morgan fingerprint density at radius 1 is 1.28 bits per heavy atom. The third kappa shape index (κ3) is 6.29. The maximum Gasteiger partial charge on any atom is 0.573 e. The van der Waals surface area contributed by atoms with Crippen molar-refractivity contribution in [3.05, 3.63) is 22.7 Å². The molecule has 2 rings (SSSR count). The van der Waals surface area contributed by atoms with Crippen molar-refractivity contribution in [1.29, 1.82) is 0 Å². The second-order valence-corrected chi connectivity index (χ2v) is 5.80. The number of alkyl halides is 3. The van der Waals surface area contributed by atoms with Gasteiger partial charge < -0.3 is 14.8 Å². The quantitative estimate of drug-likeness (QED) is 0.609. The van der Waals surface area contributed by atoms with Crippen molar-refractivity contribution in [2.75, 3.05) is 23.8 Å². The summed E-state index contributed by atoms with van der Waals surface area (Å²) in [7, 11) is 1.46. The van der Waals surface area contributed by atoms with Crippen molar-refractivity contribution in [2.24, 2.45) is 7.05 Å². The molecule has 0 atom stereocenters. The molecule has 14 heteroatoms. The highest BCUT2D eigenvalue weighted by Crippen LogP contribution is 2.38. The summed E-state index contributed by atoms with van der Waals surface area (Å²) in [5.74, 6) is -2.29. The van der Waals surface area contributed by atoms with Gasteiger partial charge in [-0.1, -0.05) is 16.7 Å². The number of tetrazole rings is 1. The van der Waals surface area contributed by atoms with Gasteiger partial charge in [0, 0.05) is 13.7 Å². The van der Waals surface area contributed by atoms with Gasteiger partial charge in [-0.25, -0.2) is 4.68 Å². The number of hydrogen-bond donors (Lipinski definition) is 2. The molecule has 2 aromatic rings. The molecule has 0 saturated heterocycles. The highest BCUT2D eigenvalue weighted by Gasteiger charge is 2.33. The molecule has 1 aromatic heterocycles. The number of rotatable bonds is 8. The third-order valence-corrected chi connectivity index (χ3v) is 3.75. The second kappa shape index (κ2) is 9.52. The van der Waals surface area contributed by atoms with E-state index in [1.807, 2.05) is 0 Å². The normalized spacial score (nSPS) is 11.2. The minimum atomic E-state index is -5.04. The number of halogens is 4. The summed E-state index contributed by atoms with van der Waals surface area (Å²) in [4.78, 5) is 24.5. The van der Waals surface area contributed by atoms with E-state index in [0.29, 0.717) is 6.61 Å². The standard InChI is InChI=1S/C15H16ClF3N6O4/c1-3-28-7-6-10(26)20-12-9(29-15(17,18)19)5-4-8(11(12)16)13(27)21-14-22-23-24-25(14)2/h4-5H,3,6-7H2,1-2H3,(H,20,26)(H,21,22,24,27). The minimum absolute atomic E-state index is 0.0241. The smallest absolute Gasteiger partial charge is 0.404 e. The van der Waals surface area contributed by atoms with E-state index >= 15 is 0 Å². The number of anilines is 2. The van der Waals surface area contributed by atoms with Gasteiger partial charge >= 0.3 is 6.36 Å². The Morgan fingerprint density at radius 2 is 2.00 bits per heavy atom. The first-order valence-electron chi connectivity index (χ1n) is 8.12. The van der Waals surface area contributed by atoms with Gasteiger partial charge in [0.25, 0.3) is 5.91 Å². The van der Waals surface area contributed by atoms with E-state index in [9.17, 15) is 22.8 Å². The molecule has 0 bridgehead atoms. The molecule has 0 aliphatic heterocycles. The molecule has 2 N–H and O–H groups in total. The van der Waals surface area contributed by atoms with Crippen LogP contribution in [0.5, 0.6) is 5.75 Å². The molecule has 10 nitrogen and oxygen atoms in total. The zero-order valence-corrected chi connectivity index (χ0v) is 16.0. The number of ether oxygens (including phenoxy) is 2. The number of hydrogen-bond acceptors (Lipinski definition) is 7. The van der Waals surface area contributed by atoms with Crippen molar-refractivity contribution in [2.45, 2.75) is 19.7 Å². The maximum absolute atomic E-state index is 12.7. The van der Waals surface area contributed by atoms with Crippen LogP contribution in [0.4, 0.5) is 24.8 Å². The Balaban J connectivity index is 2.32. The van der Waals surface area contributed by atoms with Crippen LogP contribution < -0.4 is 15.4 Å². The first-order chi connectivity index (χ1) is 13.6. The molecule has 0 aliphatic rings. The summed E-state index contributed by atoms with van der Waals surface area (Å²) in [6.07, 6.45) is -5.18. The first kappa shape index (κ1) is 22.4. The fourth-order valence-electron chi connectivity index (χ4n) is 2.08. The molecule has 0 unspecified atom stereocenters. The fraction of sp³-hybridized carbons (Fsp3) is 0.400. The summed E-state index contributed by atoms with van der Waals surface area (Å²) >= 11 is 6.11. The molecule has 1 heterocycles. The van der Waals surface area contributed by atoms with Crippen LogP contribution in [0.2, 0.25) is 5.02 Å². The van der Waals surface area contributed by atoms with E-state index in [0.717, 1.165) is 16.8 Å². The minimum Gasteiger partial charge on any atom is -0.404 e. The van der Waals surface area contributed by atoms with Gasteiger partial charge in [0.1, 0.15) is 5.69 Å². The predicted molar refractivity (Wildman–Crippen MR) is 94.6 cm³/mol. The van der Waals surface area contributed by atoms with E-state index < -0.39 is 34.6 Å². The van der Waals surface area contributed by atoms with Crippen molar-refractivity contribution >= 4 is 35.1 Å². The lowest BCUT2D eigenvalue weighted by atomic mass is 10.1. The highest BCUT2D eigenvalue weighted by molar-refractivity contribution is 6.37. The SMILES string of the molecule is CCOCCC(=O)Nc1c(OC(F)(F)F)ccc(C(=O)Nc2nnnn2C)c1Cl. The van der Waals surface area contributed by atoms with E-state index in [1.54, 1.807) is 6.92 Å². The van der Waals surface area contributed by atoms with E-state index in [1.165, 1.54) is 7.05 Å². The molecule has 0 fully saturated rings. The molecule has 158 valence electrons. The first-order valence-corrected chi connectivity index (χ1v) is 8.49. The highest BCUT2D eigenvalue weighted by atomic mass is 35.5. The van der Waals surface area contributed by atoms with Gasteiger partial charge in [-0.3, -0.25) is 14.9 Å². The lowest BCUT2D eigenvalue weighted by Gasteiger charge is -2.17. The van der Waals surface area contributed by atoms with Crippen LogP contribution in [-0.2, 0) is 16.6 Å². The van der Waals surface area contributed by atoms with Crippen LogP contribution >= 0.6 is 11.6 Å². The molecule has 1 aromatic carbocycles. The van der Waals surface area contributed by atoms with E-state index in [-0.39, 0.29) is 24.5 Å². The summed E-state index contributed by atoms with van der Waals surface area (Å²) in [6.45, 7) is 2.14. The van der Waals surface area contributed by atoms with Gasteiger partial charge in [0.2, 0.25) is 11.9 Å². The average molecular weight is 437 g/mol. The van der Waals surface area contributed by atoms with Crippen LogP contribution in [0.1, 0.15) is 23.7 Å². The molecule has 0 spiro atoms. The molecule has 0 radical (unpaired) electrons. The van der Waals surface area contributed by atoms with Gasteiger partial charge in [-0.15, -0.1) is 13.2 Å². The monoisotopic (exact) mass is 436 g/mol. The Hall–Kier alpha value is -2.93. The number of benzene rings is 1. The summed E-state index contributed by atoms with van der Waals surface area (Å²) in [5, 5.41) is 14.5. The van der Waals surface area contributed by atoms with Crippen LogP contribution in [0.3, 0.4) is 0 Å².